The molecule has 1 fully saturated rings. The van der Waals surface area contributed by atoms with E-state index in [1.807, 2.05) is 37.3 Å². The molecule has 0 bridgehead atoms. The summed E-state index contributed by atoms with van der Waals surface area (Å²) in [6.45, 7) is 4.61. The third kappa shape index (κ3) is 5.07. The maximum atomic E-state index is 12.7. The number of anilines is 2. The van der Waals surface area contributed by atoms with Crippen molar-refractivity contribution in [2.45, 2.75) is 6.92 Å². The van der Waals surface area contributed by atoms with Crippen LogP contribution < -0.4 is 15.5 Å². The molecule has 0 radical (unpaired) electrons. The molecule has 2 heterocycles. The van der Waals surface area contributed by atoms with Gasteiger partial charge in [-0.05, 0) is 55.0 Å². The van der Waals surface area contributed by atoms with Crippen LogP contribution in [0.15, 0.2) is 52.9 Å². The Kier molecular flexibility index (Phi) is 7.01. The number of aryl methyl sites for hydroxylation is 1. The molecule has 1 saturated heterocycles. The molecule has 166 valence electrons. The molecule has 32 heavy (non-hydrogen) atoms. The molecule has 0 saturated carbocycles. The van der Waals surface area contributed by atoms with Crippen molar-refractivity contribution in [1.82, 2.24) is 5.32 Å². The zero-order valence-electron chi connectivity index (χ0n) is 17.3. The van der Waals surface area contributed by atoms with E-state index < -0.39 is 5.91 Å². The van der Waals surface area contributed by atoms with E-state index in [9.17, 15) is 4.79 Å². The van der Waals surface area contributed by atoms with Gasteiger partial charge in [-0.3, -0.25) is 10.1 Å². The molecule has 2 N–H and O–H groups in total. The van der Waals surface area contributed by atoms with Gasteiger partial charge in [-0.2, -0.15) is 0 Å². The van der Waals surface area contributed by atoms with Crippen LogP contribution in [0.1, 0.15) is 16.1 Å². The zero-order chi connectivity index (χ0) is 22.7. The van der Waals surface area contributed by atoms with Crippen molar-refractivity contribution in [3.05, 3.63) is 69.9 Å². The van der Waals surface area contributed by atoms with Gasteiger partial charge in [0.1, 0.15) is 5.76 Å². The number of hydrogen-bond donors (Lipinski definition) is 2. The lowest BCUT2D eigenvalue weighted by Gasteiger charge is -2.31. The van der Waals surface area contributed by atoms with Gasteiger partial charge >= 0.3 is 0 Å². The van der Waals surface area contributed by atoms with Crippen LogP contribution in [0.3, 0.4) is 0 Å². The Morgan fingerprint density at radius 3 is 2.59 bits per heavy atom. The van der Waals surface area contributed by atoms with Crippen molar-refractivity contribution in [3.8, 4) is 11.3 Å². The van der Waals surface area contributed by atoms with E-state index in [4.69, 9.17) is 44.6 Å². The highest BCUT2D eigenvalue weighted by molar-refractivity contribution is 7.80. The number of carbonyl (C=O) groups excluding carboxylic acids is 1. The topological polar surface area (TPSA) is 66.7 Å². The van der Waals surface area contributed by atoms with Gasteiger partial charge in [0.15, 0.2) is 10.9 Å². The molecule has 1 aliphatic rings. The first-order valence-electron chi connectivity index (χ1n) is 10.0. The van der Waals surface area contributed by atoms with Gasteiger partial charge in [-0.25, -0.2) is 0 Å². The summed E-state index contributed by atoms with van der Waals surface area (Å²) in [5.41, 5.74) is 3.29. The first-order chi connectivity index (χ1) is 15.4. The number of morpholine rings is 1. The Labute approximate surface area is 201 Å². The van der Waals surface area contributed by atoms with Crippen LogP contribution in [0, 0.1) is 6.92 Å². The molecule has 3 aromatic rings. The van der Waals surface area contributed by atoms with Gasteiger partial charge in [0.05, 0.1) is 29.6 Å². The van der Waals surface area contributed by atoms with Crippen LogP contribution >= 0.6 is 35.4 Å². The highest BCUT2D eigenvalue weighted by Crippen LogP contribution is 2.34. The van der Waals surface area contributed by atoms with Crippen molar-refractivity contribution < 1.29 is 13.9 Å². The average Bonchev–Trinajstić information content (AvgIpc) is 3.27. The molecule has 9 heteroatoms. The molecular formula is C23H21Cl2N3O3S. The highest BCUT2D eigenvalue weighted by Gasteiger charge is 2.20. The second-order valence-electron chi connectivity index (χ2n) is 7.27. The fourth-order valence-corrected chi connectivity index (χ4v) is 4.08. The lowest BCUT2D eigenvalue weighted by molar-refractivity contribution is 0.0951. The van der Waals surface area contributed by atoms with Crippen molar-refractivity contribution >= 4 is 57.8 Å². The number of carbonyl (C=O) groups is 1. The monoisotopic (exact) mass is 489 g/mol. The molecular weight excluding hydrogens is 469 g/mol. The van der Waals surface area contributed by atoms with Crippen molar-refractivity contribution in [1.29, 1.82) is 0 Å². The van der Waals surface area contributed by atoms with Gasteiger partial charge in [0, 0.05) is 23.7 Å². The standard InChI is InChI=1S/C23H21Cl2N3O3S/c1-14-5-6-15(13-17(14)25)19-7-8-20(31-19)22(29)27-23(32)26-18-4-2-3-16(24)21(18)28-9-11-30-12-10-28/h2-8,13H,9-12H2,1H3,(H2,26,27,29,32). The average molecular weight is 490 g/mol. The smallest absolute Gasteiger partial charge is 0.293 e. The summed E-state index contributed by atoms with van der Waals surface area (Å²) in [6, 6.07) is 14.4. The number of rotatable bonds is 4. The number of ether oxygens (including phenoxy) is 1. The maximum Gasteiger partial charge on any atom is 0.293 e. The summed E-state index contributed by atoms with van der Waals surface area (Å²) >= 11 is 18.0. The maximum absolute atomic E-state index is 12.7. The van der Waals surface area contributed by atoms with Gasteiger partial charge in [-0.15, -0.1) is 0 Å². The summed E-state index contributed by atoms with van der Waals surface area (Å²) in [6.07, 6.45) is 0. The number of furan rings is 1. The Hall–Kier alpha value is -2.58. The summed E-state index contributed by atoms with van der Waals surface area (Å²) < 4.78 is 11.1. The van der Waals surface area contributed by atoms with Crippen LogP contribution in [-0.2, 0) is 4.74 Å². The predicted molar refractivity (Wildman–Crippen MR) is 132 cm³/mol. The number of para-hydroxylation sites is 1. The number of thiocarbonyl (C=S) groups is 1. The molecule has 1 aliphatic heterocycles. The Morgan fingerprint density at radius 2 is 1.84 bits per heavy atom. The minimum absolute atomic E-state index is 0.139. The highest BCUT2D eigenvalue weighted by atomic mass is 35.5. The van der Waals surface area contributed by atoms with Gasteiger partial charge in [-0.1, -0.05) is 41.4 Å². The number of benzene rings is 2. The van der Waals surface area contributed by atoms with E-state index in [1.165, 1.54) is 0 Å². The van der Waals surface area contributed by atoms with E-state index in [0.29, 0.717) is 34.7 Å². The van der Waals surface area contributed by atoms with Crippen LogP contribution in [0.25, 0.3) is 11.3 Å². The van der Waals surface area contributed by atoms with Gasteiger partial charge in [0.2, 0.25) is 0 Å². The number of nitrogens with one attached hydrogen (secondary N) is 2. The minimum Gasteiger partial charge on any atom is -0.451 e. The van der Waals surface area contributed by atoms with Crippen LogP contribution in [-0.4, -0.2) is 37.3 Å². The molecule has 0 unspecified atom stereocenters. The third-order valence-corrected chi connectivity index (χ3v) is 5.99. The summed E-state index contributed by atoms with van der Waals surface area (Å²) in [7, 11) is 0. The first-order valence-corrected chi connectivity index (χ1v) is 11.2. The van der Waals surface area contributed by atoms with E-state index in [0.717, 1.165) is 29.9 Å². The molecule has 1 amide bonds. The molecule has 2 aromatic carbocycles. The van der Waals surface area contributed by atoms with Crippen molar-refractivity contribution in [3.63, 3.8) is 0 Å². The Bertz CT molecular complexity index is 1160. The van der Waals surface area contributed by atoms with Crippen molar-refractivity contribution in [2.24, 2.45) is 0 Å². The molecule has 4 rings (SSSR count). The van der Waals surface area contributed by atoms with E-state index in [1.54, 1.807) is 18.2 Å². The minimum atomic E-state index is -0.457. The Morgan fingerprint density at radius 1 is 1.06 bits per heavy atom. The molecule has 0 spiro atoms. The summed E-state index contributed by atoms with van der Waals surface area (Å²) in [5.74, 6) is 0.225. The lowest BCUT2D eigenvalue weighted by Crippen LogP contribution is -2.38. The first kappa shape index (κ1) is 22.6. The Balaban J connectivity index is 1.45. The third-order valence-electron chi connectivity index (χ3n) is 5.08. The molecule has 0 aliphatic carbocycles. The zero-order valence-corrected chi connectivity index (χ0v) is 19.6. The van der Waals surface area contributed by atoms with E-state index in [2.05, 4.69) is 15.5 Å². The van der Waals surface area contributed by atoms with Crippen LogP contribution in [0.5, 0.6) is 0 Å². The number of nitrogens with zero attached hydrogens (tertiary/aromatic N) is 1. The normalized spacial score (nSPS) is 13.7. The number of halogens is 2. The summed E-state index contributed by atoms with van der Waals surface area (Å²) in [5, 5.41) is 7.10. The molecule has 6 nitrogen and oxygen atoms in total. The van der Waals surface area contributed by atoms with Gasteiger partial charge < -0.3 is 19.4 Å². The van der Waals surface area contributed by atoms with Crippen LogP contribution in [0.2, 0.25) is 10.0 Å². The molecule has 1 aromatic heterocycles. The number of hydrogen-bond acceptors (Lipinski definition) is 5. The largest absolute Gasteiger partial charge is 0.451 e. The predicted octanol–water partition coefficient (Wildman–Crippen LogP) is 5.53. The SMILES string of the molecule is Cc1ccc(-c2ccc(C(=O)NC(=S)Nc3cccc(Cl)c3N3CCOCC3)o2)cc1Cl. The number of amides is 1. The quantitative estimate of drug-likeness (QED) is 0.470. The second-order valence-corrected chi connectivity index (χ2v) is 8.49. The van der Waals surface area contributed by atoms with Crippen LogP contribution in [0.4, 0.5) is 11.4 Å². The summed E-state index contributed by atoms with van der Waals surface area (Å²) in [4.78, 5) is 14.8. The van der Waals surface area contributed by atoms with Crippen molar-refractivity contribution in [2.75, 3.05) is 36.5 Å². The fourth-order valence-electron chi connectivity index (χ4n) is 3.40. The molecule has 0 atom stereocenters. The second kappa shape index (κ2) is 9.92. The lowest BCUT2D eigenvalue weighted by atomic mass is 10.1. The fraction of sp³-hybridized carbons (Fsp3) is 0.217. The van der Waals surface area contributed by atoms with E-state index in [-0.39, 0.29) is 10.9 Å². The van der Waals surface area contributed by atoms with E-state index >= 15 is 0 Å². The van der Waals surface area contributed by atoms with Gasteiger partial charge in [0.25, 0.3) is 5.91 Å².